The number of nitrogens with zero attached hydrogens (tertiary/aromatic N) is 2. The first kappa shape index (κ1) is 12.6. The minimum absolute atomic E-state index is 0.488. The molecule has 0 atom stereocenters. The van der Waals surface area contributed by atoms with Crippen LogP contribution in [0.3, 0.4) is 0 Å². The van der Waals surface area contributed by atoms with Gasteiger partial charge in [0.15, 0.2) is 0 Å². The first-order valence-electron chi connectivity index (χ1n) is 6.62. The van der Waals surface area contributed by atoms with Crippen LogP contribution in [0.1, 0.15) is 24.6 Å². The van der Waals surface area contributed by atoms with Gasteiger partial charge in [0, 0.05) is 34.5 Å². The molecule has 2 aromatic rings. The molecule has 4 heteroatoms. The molecule has 0 bridgehead atoms. The van der Waals surface area contributed by atoms with E-state index in [4.69, 9.17) is 11.6 Å². The molecule has 0 amide bonds. The number of benzene rings is 1. The molecule has 98 valence electrons. The van der Waals surface area contributed by atoms with Crippen LogP contribution >= 0.6 is 11.6 Å². The molecule has 2 heterocycles. The maximum atomic E-state index is 6.18. The van der Waals surface area contributed by atoms with Crippen molar-refractivity contribution in [2.45, 2.75) is 18.8 Å². The summed E-state index contributed by atoms with van der Waals surface area (Å²) in [4.78, 5) is 9.04. The van der Waals surface area contributed by atoms with Gasteiger partial charge in [-0.2, -0.15) is 0 Å². The van der Waals surface area contributed by atoms with Crippen LogP contribution in [-0.2, 0) is 0 Å². The number of hydrogen-bond acceptors (Lipinski definition) is 3. The second kappa shape index (κ2) is 5.68. The van der Waals surface area contributed by atoms with Crippen LogP contribution in [0.4, 0.5) is 0 Å². The number of rotatable bonds is 2. The zero-order valence-corrected chi connectivity index (χ0v) is 11.4. The fraction of sp³-hybridized carbons (Fsp3) is 0.333. The Balaban J connectivity index is 1.84. The van der Waals surface area contributed by atoms with E-state index in [0.29, 0.717) is 5.92 Å². The number of piperidine rings is 1. The van der Waals surface area contributed by atoms with E-state index in [9.17, 15) is 0 Å². The minimum Gasteiger partial charge on any atom is -0.317 e. The Morgan fingerprint density at radius 2 is 1.74 bits per heavy atom. The Hall–Kier alpha value is -1.45. The Labute approximate surface area is 118 Å². The number of hydrogen-bond donors (Lipinski definition) is 1. The molecule has 1 aromatic heterocycles. The highest BCUT2D eigenvalue weighted by Gasteiger charge is 2.17. The minimum atomic E-state index is 0.488. The van der Waals surface area contributed by atoms with Crippen molar-refractivity contribution in [2.24, 2.45) is 0 Å². The highest BCUT2D eigenvalue weighted by Crippen LogP contribution is 2.28. The van der Waals surface area contributed by atoms with Gasteiger partial charge in [0.2, 0.25) is 0 Å². The molecular formula is C15H16ClN3. The molecule has 1 fully saturated rings. The van der Waals surface area contributed by atoms with E-state index >= 15 is 0 Å². The summed E-state index contributed by atoms with van der Waals surface area (Å²) in [7, 11) is 0. The van der Waals surface area contributed by atoms with Crippen molar-refractivity contribution in [3.05, 3.63) is 47.5 Å². The Morgan fingerprint density at radius 1 is 1.05 bits per heavy atom. The fourth-order valence-electron chi connectivity index (χ4n) is 2.46. The Kier molecular flexibility index (Phi) is 3.76. The van der Waals surface area contributed by atoms with Crippen LogP contribution in [0.15, 0.2) is 36.7 Å². The van der Waals surface area contributed by atoms with Crippen molar-refractivity contribution in [1.29, 1.82) is 0 Å². The van der Waals surface area contributed by atoms with Crippen LogP contribution in [-0.4, -0.2) is 23.1 Å². The van der Waals surface area contributed by atoms with Crippen LogP contribution in [0.5, 0.6) is 0 Å². The standard InChI is InChI=1S/C15H16ClN3/c16-14-4-2-1-3-13(14)12-9-18-15(19-10-12)11-5-7-17-8-6-11/h1-4,9-11,17H,5-8H2. The van der Waals surface area contributed by atoms with Crippen LogP contribution < -0.4 is 5.32 Å². The van der Waals surface area contributed by atoms with Gasteiger partial charge in [0.05, 0.1) is 0 Å². The predicted octanol–water partition coefficient (Wildman–Crippen LogP) is 3.26. The van der Waals surface area contributed by atoms with E-state index < -0.39 is 0 Å². The van der Waals surface area contributed by atoms with Crippen LogP contribution in [0.25, 0.3) is 11.1 Å². The van der Waals surface area contributed by atoms with E-state index in [1.54, 1.807) is 0 Å². The summed E-state index contributed by atoms with van der Waals surface area (Å²) in [6.45, 7) is 2.11. The monoisotopic (exact) mass is 273 g/mol. The highest BCUT2D eigenvalue weighted by molar-refractivity contribution is 6.33. The van der Waals surface area contributed by atoms with Gasteiger partial charge < -0.3 is 5.32 Å². The number of halogens is 1. The zero-order valence-electron chi connectivity index (χ0n) is 10.6. The van der Waals surface area contributed by atoms with E-state index in [-0.39, 0.29) is 0 Å². The molecule has 1 saturated heterocycles. The molecule has 0 aliphatic carbocycles. The maximum Gasteiger partial charge on any atom is 0.131 e. The normalized spacial score (nSPS) is 16.5. The van der Waals surface area contributed by atoms with Gasteiger partial charge in [-0.3, -0.25) is 0 Å². The second-order valence-electron chi connectivity index (χ2n) is 4.83. The van der Waals surface area contributed by atoms with Crippen LogP contribution in [0.2, 0.25) is 5.02 Å². The summed E-state index contributed by atoms with van der Waals surface area (Å²) in [6, 6.07) is 7.78. The topological polar surface area (TPSA) is 37.8 Å². The van der Waals surface area contributed by atoms with E-state index in [1.807, 2.05) is 36.7 Å². The lowest BCUT2D eigenvalue weighted by Gasteiger charge is -2.21. The summed E-state index contributed by atoms with van der Waals surface area (Å²) >= 11 is 6.18. The largest absolute Gasteiger partial charge is 0.317 e. The molecule has 1 aliphatic rings. The van der Waals surface area contributed by atoms with Gasteiger partial charge in [0.25, 0.3) is 0 Å². The lowest BCUT2D eigenvalue weighted by molar-refractivity contribution is 0.445. The van der Waals surface area contributed by atoms with Crippen molar-refractivity contribution in [3.8, 4) is 11.1 Å². The van der Waals surface area contributed by atoms with E-state index in [2.05, 4.69) is 15.3 Å². The average molecular weight is 274 g/mol. The molecule has 19 heavy (non-hydrogen) atoms. The van der Waals surface area contributed by atoms with Crippen molar-refractivity contribution in [1.82, 2.24) is 15.3 Å². The van der Waals surface area contributed by atoms with Gasteiger partial charge >= 0.3 is 0 Å². The summed E-state index contributed by atoms with van der Waals surface area (Å²) in [5.41, 5.74) is 1.96. The first-order chi connectivity index (χ1) is 9.34. The molecular weight excluding hydrogens is 258 g/mol. The van der Waals surface area contributed by atoms with Crippen molar-refractivity contribution < 1.29 is 0 Å². The summed E-state index contributed by atoms with van der Waals surface area (Å²) < 4.78 is 0. The molecule has 3 nitrogen and oxygen atoms in total. The van der Waals surface area contributed by atoms with Gasteiger partial charge in [-0.1, -0.05) is 29.8 Å². The van der Waals surface area contributed by atoms with Crippen molar-refractivity contribution in [3.63, 3.8) is 0 Å². The molecule has 0 radical (unpaired) electrons. The Bertz CT molecular complexity index is 548. The third-order valence-electron chi connectivity index (χ3n) is 3.56. The molecule has 0 unspecified atom stereocenters. The van der Waals surface area contributed by atoms with Gasteiger partial charge in [0.1, 0.15) is 5.82 Å². The van der Waals surface area contributed by atoms with Gasteiger partial charge in [-0.25, -0.2) is 9.97 Å². The summed E-state index contributed by atoms with van der Waals surface area (Å²) in [5, 5.41) is 4.09. The molecule has 1 aromatic carbocycles. The maximum absolute atomic E-state index is 6.18. The molecule has 0 spiro atoms. The van der Waals surface area contributed by atoms with Crippen molar-refractivity contribution in [2.75, 3.05) is 13.1 Å². The fourth-order valence-corrected chi connectivity index (χ4v) is 2.71. The van der Waals surface area contributed by atoms with Crippen LogP contribution in [0, 0.1) is 0 Å². The van der Waals surface area contributed by atoms with E-state index in [1.165, 1.54) is 0 Å². The lowest BCUT2D eigenvalue weighted by Crippen LogP contribution is -2.27. The molecule has 3 rings (SSSR count). The number of aromatic nitrogens is 2. The van der Waals surface area contributed by atoms with E-state index in [0.717, 1.165) is 47.9 Å². The molecule has 1 N–H and O–H groups in total. The van der Waals surface area contributed by atoms with Crippen molar-refractivity contribution >= 4 is 11.6 Å². The average Bonchev–Trinajstić information content (AvgIpc) is 2.49. The quantitative estimate of drug-likeness (QED) is 0.913. The summed E-state index contributed by atoms with van der Waals surface area (Å²) in [6.07, 6.45) is 5.99. The lowest BCUT2D eigenvalue weighted by atomic mass is 9.97. The SMILES string of the molecule is Clc1ccccc1-c1cnc(C2CCNCC2)nc1. The first-order valence-corrected chi connectivity index (χ1v) is 7.00. The second-order valence-corrected chi connectivity index (χ2v) is 5.24. The number of nitrogens with one attached hydrogen (secondary N) is 1. The van der Waals surface area contributed by atoms with Gasteiger partial charge in [-0.15, -0.1) is 0 Å². The Morgan fingerprint density at radius 3 is 2.42 bits per heavy atom. The third-order valence-corrected chi connectivity index (χ3v) is 3.89. The molecule has 0 saturated carbocycles. The zero-order chi connectivity index (χ0) is 13.1. The highest BCUT2D eigenvalue weighted by atomic mass is 35.5. The summed E-state index contributed by atoms with van der Waals surface area (Å²) in [5.74, 6) is 1.44. The molecule has 1 aliphatic heterocycles. The third kappa shape index (κ3) is 2.77. The predicted molar refractivity (Wildman–Crippen MR) is 77.3 cm³/mol. The smallest absolute Gasteiger partial charge is 0.131 e. The van der Waals surface area contributed by atoms with Gasteiger partial charge in [-0.05, 0) is 32.0 Å².